The zero-order chi connectivity index (χ0) is 19.3. The van der Waals surface area contributed by atoms with Crippen molar-refractivity contribution in [3.05, 3.63) is 47.2 Å². The fourth-order valence-corrected chi connectivity index (χ4v) is 5.89. The standard InChI is InChI=1S/C23H28N2O3/c1-3-28-19-11-14-25-13-10-16-15-7-4-5-9-18(15)24-20(16)23(22(26)27-2)12-6-8-17(19)21(23)25/h4-5,7-9,19,21,24H,3,6,10-14H2,1-2H3/t19-,21-,23-/m0/s1. The average Bonchev–Trinajstić information content (AvgIpc) is 3.04. The number of nitrogens with one attached hydrogen (secondary N) is 1. The summed E-state index contributed by atoms with van der Waals surface area (Å²) in [5.74, 6) is -0.125. The molecule has 1 saturated heterocycles. The van der Waals surface area contributed by atoms with Crippen LogP contribution in [-0.2, 0) is 26.1 Å². The molecule has 0 spiro atoms. The van der Waals surface area contributed by atoms with Crippen molar-refractivity contribution < 1.29 is 14.3 Å². The lowest BCUT2D eigenvalue weighted by molar-refractivity contribution is -0.152. The zero-order valence-corrected chi connectivity index (χ0v) is 16.7. The van der Waals surface area contributed by atoms with E-state index in [4.69, 9.17) is 9.47 Å². The Morgan fingerprint density at radius 2 is 2.18 bits per heavy atom. The molecule has 0 amide bonds. The van der Waals surface area contributed by atoms with Crippen molar-refractivity contribution in [2.75, 3.05) is 26.8 Å². The maximum absolute atomic E-state index is 13.5. The van der Waals surface area contributed by atoms with Crippen LogP contribution in [0, 0.1) is 0 Å². The first-order valence-electron chi connectivity index (χ1n) is 10.4. The van der Waals surface area contributed by atoms with Crippen LogP contribution in [-0.4, -0.2) is 54.8 Å². The highest BCUT2D eigenvalue weighted by molar-refractivity contribution is 5.92. The number of carbonyl (C=O) groups excluding carboxylic acids is 1. The van der Waals surface area contributed by atoms with Gasteiger partial charge in [-0.1, -0.05) is 24.3 Å². The number of nitrogens with zero attached hydrogens (tertiary/aromatic N) is 1. The van der Waals surface area contributed by atoms with E-state index in [1.807, 2.05) is 13.0 Å². The maximum atomic E-state index is 13.5. The summed E-state index contributed by atoms with van der Waals surface area (Å²) >= 11 is 0. The number of fused-ring (bicyclic) bond motifs is 4. The Balaban J connectivity index is 1.76. The van der Waals surface area contributed by atoms with Crippen molar-refractivity contribution in [1.29, 1.82) is 0 Å². The molecule has 0 saturated carbocycles. The smallest absolute Gasteiger partial charge is 0.319 e. The SMILES string of the molecule is CCO[C@H]1CCN2CCc3c([nH]c4ccccc34)[C@@]3(C(=O)OC)CCC=C1[C@H]23. The second-order valence-corrected chi connectivity index (χ2v) is 8.15. The quantitative estimate of drug-likeness (QED) is 0.656. The Morgan fingerprint density at radius 1 is 1.32 bits per heavy atom. The van der Waals surface area contributed by atoms with Crippen LogP contribution in [0.25, 0.3) is 10.9 Å². The minimum Gasteiger partial charge on any atom is -0.468 e. The summed E-state index contributed by atoms with van der Waals surface area (Å²) in [7, 11) is 1.52. The molecular weight excluding hydrogens is 352 g/mol. The number of H-pyrrole nitrogens is 1. The van der Waals surface area contributed by atoms with Gasteiger partial charge in [-0.2, -0.15) is 0 Å². The summed E-state index contributed by atoms with van der Waals surface area (Å²) in [6, 6.07) is 8.41. The number of carbonyl (C=O) groups is 1. The molecule has 0 bridgehead atoms. The van der Waals surface area contributed by atoms with Gasteiger partial charge in [0.1, 0.15) is 5.41 Å². The lowest BCUT2D eigenvalue weighted by atomic mass is 9.64. The molecule has 2 aliphatic heterocycles. The van der Waals surface area contributed by atoms with Gasteiger partial charge in [0, 0.05) is 36.3 Å². The first kappa shape index (κ1) is 18.0. The van der Waals surface area contributed by atoms with E-state index in [0.29, 0.717) is 6.61 Å². The van der Waals surface area contributed by atoms with Crippen molar-refractivity contribution in [2.24, 2.45) is 0 Å². The monoisotopic (exact) mass is 380 g/mol. The fraction of sp³-hybridized carbons (Fsp3) is 0.522. The van der Waals surface area contributed by atoms with Gasteiger partial charge in [-0.3, -0.25) is 9.69 Å². The third-order valence-corrected chi connectivity index (χ3v) is 6.94. The summed E-state index contributed by atoms with van der Waals surface area (Å²) < 4.78 is 11.6. The maximum Gasteiger partial charge on any atom is 0.319 e. The Morgan fingerprint density at radius 3 is 3.00 bits per heavy atom. The van der Waals surface area contributed by atoms with E-state index >= 15 is 0 Å². The number of allylic oxidation sites excluding steroid dienone is 1. The molecule has 1 aromatic heterocycles. The van der Waals surface area contributed by atoms with Crippen LogP contribution in [0.5, 0.6) is 0 Å². The van der Waals surface area contributed by atoms with Gasteiger partial charge in [0.15, 0.2) is 0 Å². The van der Waals surface area contributed by atoms with Gasteiger partial charge in [0.2, 0.25) is 0 Å². The van der Waals surface area contributed by atoms with E-state index in [-0.39, 0.29) is 18.1 Å². The highest BCUT2D eigenvalue weighted by Gasteiger charge is 2.58. The second kappa shape index (κ2) is 6.75. The van der Waals surface area contributed by atoms with Crippen LogP contribution in [0.1, 0.15) is 37.4 Å². The lowest BCUT2D eigenvalue weighted by Crippen LogP contribution is -2.61. The lowest BCUT2D eigenvalue weighted by Gasteiger charge is -2.50. The summed E-state index contributed by atoms with van der Waals surface area (Å²) in [6.45, 7) is 4.64. The van der Waals surface area contributed by atoms with Crippen LogP contribution in [0.3, 0.4) is 0 Å². The van der Waals surface area contributed by atoms with E-state index in [1.54, 1.807) is 0 Å². The number of rotatable bonds is 3. The van der Waals surface area contributed by atoms with Gasteiger partial charge in [0.05, 0.1) is 19.3 Å². The summed E-state index contributed by atoms with van der Waals surface area (Å²) in [4.78, 5) is 19.6. The predicted molar refractivity (Wildman–Crippen MR) is 108 cm³/mol. The topological polar surface area (TPSA) is 54.6 Å². The van der Waals surface area contributed by atoms with Gasteiger partial charge in [-0.25, -0.2) is 0 Å². The van der Waals surface area contributed by atoms with Gasteiger partial charge < -0.3 is 14.5 Å². The third kappa shape index (κ3) is 2.36. The van der Waals surface area contributed by atoms with Crippen LogP contribution < -0.4 is 0 Å². The van der Waals surface area contributed by atoms with E-state index < -0.39 is 5.41 Å². The average molecular weight is 380 g/mol. The number of ether oxygens (including phenoxy) is 2. The number of hydrogen-bond acceptors (Lipinski definition) is 4. The zero-order valence-electron chi connectivity index (χ0n) is 16.7. The Labute approximate surface area is 165 Å². The number of hydrogen-bond donors (Lipinski definition) is 1. The van der Waals surface area contributed by atoms with E-state index in [9.17, 15) is 4.79 Å². The minimum absolute atomic E-state index is 0.00770. The molecule has 1 fully saturated rings. The number of esters is 1. The molecule has 5 nitrogen and oxygen atoms in total. The Bertz CT molecular complexity index is 946. The molecule has 148 valence electrons. The molecule has 5 heteroatoms. The number of aromatic nitrogens is 1. The highest BCUT2D eigenvalue weighted by Crippen LogP contribution is 2.50. The molecule has 5 rings (SSSR count). The molecule has 3 atom stereocenters. The van der Waals surface area contributed by atoms with Gasteiger partial charge in [0.25, 0.3) is 0 Å². The normalized spacial score (nSPS) is 29.6. The van der Waals surface area contributed by atoms with Crippen LogP contribution in [0.2, 0.25) is 0 Å². The molecule has 1 aliphatic carbocycles. The van der Waals surface area contributed by atoms with Crippen LogP contribution >= 0.6 is 0 Å². The van der Waals surface area contributed by atoms with E-state index in [1.165, 1.54) is 23.6 Å². The molecule has 3 aliphatic rings. The summed E-state index contributed by atoms with van der Waals surface area (Å²) in [5, 5.41) is 1.23. The Kier molecular flexibility index (Phi) is 4.33. The minimum atomic E-state index is -0.695. The second-order valence-electron chi connectivity index (χ2n) is 8.15. The number of para-hydroxylation sites is 1. The van der Waals surface area contributed by atoms with Crippen LogP contribution in [0.4, 0.5) is 0 Å². The largest absolute Gasteiger partial charge is 0.468 e. The number of aromatic amines is 1. The van der Waals surface area contributed by atoms with Crippen molar-refractivity contribution in [1.82, 2.24) is 9.88 Å². The van der Waals surface area contributed by atoms with E-state index in [0.717, 1.165) is 50.0 Å². The first-order valence-corrected chi connectivity index (χ1v) is 10.4. The summed E-state index contributed by atoms with van der Waals surface area (Å²) in [5.41, 5.74) is 4.04. The Hall–Kier alpha value is -2.11. The third-order valence-electron chi connectivity index (χ3n) is 6.94. The van der Waals surface area contributed by atoms with Crippen molar-refractivity contribution in [3.63, 3.8) is 0 Å². The first-order chi connectivity index (χ1) is 13.7. The molecule has 1 aromatic carbocycles. The number of piperidine rings is 1. The van der Waals surface area contributed by atoms with Gasteiger partial charge in [-0.05, 0) is 49.8 Å². The van der Waals surface area contributed by atoms with Crippen molar-refractivity contribution in [2.45, 2.75) is 50.2 Å². The number of methoxy groups -OCH3 is 1. The summed E-state index contributed by atoms with van der Waals surface area (Å²) in [6.07, 6.45) is 5.99. The molecule has 28 heavy (non-hydrogen) atoms. The number of benzene rings is 1. The molecule has 1 N–H and O–H groups in total. The molecule has 2 aromatic rings. The highest BCUT2D eigenvalue weighted by atomic mass is 16.5. The molecule has 0 radical (unpaired) electrons. The van der Waals surface area contributed by atoms with Crippen LogP contribution in [0.15, 0.2) is 35.9 Å². The fourth-order valence-electron chi connectivity index (χ4n) is 5.89. The molecule has 3 heterocycles. The van der Waals surface area contributed by atoms with E-state index in [2.05, 4.69) is 34.2 Å². The van der Waals surface area contributed by atoms with Crippen molar-refractivity contribution >= 4 is 16.9 Å². The van der Waals surface area contributed by atoms with Gasteiger partial charge >= 0.3 is 5.97 Å². The predicted octanol–water partition coefficient (Wildman–Crippen LogP) is 3.33. The molecule has 0 unspecified atom stereocenters. The van der Waals surface area contributed by atoms with Gasteiger partial charge in [-0.15, -0.1) is 0 Å². The molecular formula is C23H28N2O3. The van der Waals surface area contributed by atoms with Crippen molar-refractivity contribution in [3.8, 4) is 0 Å².